The van der Waals surface area contributed by atoms with Crippen LogP contribution in [-0.4, -0.2) is 32.0 Å². The van der Waals surface area contributed by atoms with E-state index in [-0.39, 0.29) is 34.2 Å². The van der Waals surface area contributed by atoms with E-state index in [9.17, 15) is 14.0 Å². The van der Waals surface area contributed by atoms with Crippen molar-refractivity contribution in [2.45, 2.75) is 20.4 Å². The molecule has 9 heteroatoms. The fraction of sp³-hybridized carbons (Fsp3) is 0.154. The largest absolute Gasteiger partial charge is 0.351 e. The quantitative estimate of drug-likeness (QED) is 0.345. The minimum absolute atomic E-state index is 0.120. The van der Waals surface area contributed by atoms with E-state index in [0.717, 1.165) is 10.9 Å². The summed E-state index contributed by atoms with van der Waals surface area (Å²) in [5.74, 6) is -0.929. The number of amides is 1. The molecule has 2 N–H and O–H groups in total. The number of halogens is 2. The molecular weight excluding hydrogens is 469 g/mol. The Kier molecular flexibility index (Phi) is 5.82. The number of para-hydroxylation sites is 1. The summed E-state index contributed by atoms with van der Waals surface area (Å²) >= 11 is 6.53. The standard InChI is InChI=1S/C26H21ClFN5O2/c1-3-29-26(35)23-21(17-8-6-10-30-25(17)34)22-20(12-18(28)14(2)31-22)33(23)13-16-11-15-7-4-5-9-19(15)32-24(16)27/h4-12H,3,13H2,1-2H3,(H,29,35)(H,30,34). The molecule has 5 aromatic rings. The molecule has 4 heterocycles. The van der Waals surface area contributed by atoms with E-state index in [0.29, 0.717) is 28.7 Å². The summed E-state index contributed by atoms with van der Waals surface area (Å²) in [6, 6.07) is 14.1. The van der Waals surface area contributed by atoms with Gasteiger partial charge in [0.2, 0.25) is 0 Å². The molecule has 0 unspecified atom stereocenters. The first kappa shape index (κ1) is 22.7. The first-order valence-electron chi connectivity index (χ1n) is 11.1. The molecule has 0 radical (unpaired) electrons. The predicted molar refractivity (Wildman–Crippen MR) is 134 cm³/mol. The lowest BCUT2D eigenvalue weighted by molar-refractivity contribution is 0.0948. The Bertz CT molecular complexity index is 1670. The Balaban J connectivity index is 1.85. The fourth-order valence-electron chi connectivity index (χ4n) is 4.26. The monoisotopic (exact) mass is 489 g/mol. The minimum Gasteiger partial charge on any atom is -0.351 e. The number of hydrogen-bond acceptors (Lipinski definition) is 4. The Morgan fingerprint density at radius 3 is 2.74 bits per heavy atom. The van der Waals surface area contributed by atoms with Gasteiger partial charge in [0.15, 0.2) is 0 Å². The molecule has 0 saturated heterocycles. The topological polar surface area (TPSA) is 92.7 Å². The van der Waals surface area contributed by atoms with Gasteiger partial charge in [-0.15, -0.1) is 0 Å². The molecule has 1 aromatic carbocycles. The maximum Gasteiger partial charge on any atom is 0.268 e. The SMILES string of the molecule is CCNC(=O)c1c(-c2ccc[nH]c2=O)c2nc(C)c(F)cc2n1Cc1cc2ccccc2nc1Cl. The minimum atomic E-state index is -0.519. The number of pyridine rings is 3. The van der Waals surface area contributed by atoms with Gasteiger partial charge in [0, 0.05) is 35.3 Å². The van der Waals surface area contributed by atoms with E-state index in [1.165, 1.54) is 12.3 Å². The van der Waals surface area contributed by atoms with Crippen molar-refractivity contribution in [3.8, 4) is 11.1 Å². The molecule has 0 aliphatic heterocycles. The van der Waals surface area contributed by atoms with Gasteiger partial charge in [0.05, 0.1) is 34.4 Å². The second-order valence-electron chi connectivity index (χ2n) is 8.14. The molecule has 0 bridgehead atoms. The zero-order chi connectivity index (χ0) is 24.7. The van der Waals surface area contributed by atoms with Crippen LogP contribution in [0.1, 0.15) is 28.7 Å². The van der Waals surface area contributed by atoms with Gasteiger partial charge >= 0.3 is 0 Å². The van der Waals surface area contributed by atoms with E-state index in [1.807, 2.05) is 30.3 Å². The van der Waals surface area contributed by atoms with Crippen LogP contribution in [0.4, 0.5) is 4.39 Å². The maximum absolute atomic E-state index is 14.7. The van der Waals surface area contributed by atoms with Crippen LogP contribution < -0.4 is 10.9 Å². The Labute approximate surface area is 204 Å². The van der Waals surface area contributed by atoms with E-state index in [2.05, 4.69) is 20.3 Å². The lowest BCUT2D eigenvalue weighted by Crippen LogP contribution is -2.27. The second-order valence-corrected chi connectivity index (χ2v) is 8.49. The van der Waals surface area contributed by atoms with Gasteiger partial charge in [0.25, 0.3) is 11.5 Å². The number of aromatic amines is 1. The molecule has 35 heavy (non-hydrogen) atoms. The van der Waals surface area contributed by atoms with E-state index >= 15 is 0 Å². The number of carbonyl (C=O) groups excluding carboxylic acids is 1. The zero-order valence-corrected chi connectivity index (χ0v) is 19.8. The van der Waals surface area contributed by atoms with E-state index in [1.54, 1.807) is 30.5 Å². The lowest BCUT2D eigenvalue weighted by atomic mass is 10.1. The summed E-state index contributed by atoms with van der Waals surface area (Å²) in [6.45, 7) is 3.83. The number of rotatable bonds is 5. The smallest absolute Gasteiger partial charge is 0.268 e. The number of H-pyrrole nitrogens is 1. The van der Waals surface area contributed by atoms with Crippen LogP contribution in [0.25, 0.3) is 33.1 Å². The number of fused-ring (bicyclic) bond motifs is 2. The van der Waals surface area contributed by atoms with Crippen LogP contribution in [0.3, 0.4) is 0 Å². The van der Waals surface area contributed by atoms with Crippen molar-refractivity contribution < 1.29 is 9.18 Å². The first-order chi connectivity index (χ1) is 16.9. The number of aromatic nitrogens is 4. The Morgan fingerprint density at radius 2 is 1.97 bits per heavy atom. The maximum atomic E-state index is 14.7. The van der Waals surface area contributed by atoms with Gasteiger partial charge in [-0.05, 0) is 38.1 Å². The highest BCUT2D eigenvalue weighted by atomic mass is 35.5. The van der Waals surface area contributed by atoms with Crippen LogP contribution in [0.2, 0.25) is 5.15 Å². The summed E-state index contributed by atoms with van der Waals surface area (Å²) in [6.07, 6.45) is 1.51. The van der Waals surface area contributed by atoms with Crippen molar-refractivity contribution >= 4 is 39.4 Å². The summed E-state index contributed by atoms with van der Waals surface area (Å²) in [4.78, 5) is 37.7. The molecule has 7 nitrogen and oxygen atoms in total. The molecule has 0 fully saturated rings. The van der Waals surface area contributed by atoms with Crippen molar-refractivity contribution in [1.82, 2.24) is 24.8 Å². The van der Waals surface area contributed by atoms with Gasteiger partial charge in [0.1, 0.15) is 16.7 Å². The summed E-state index contributed by atoms with van der Waals surface area (Å²) in [5, 5.41) is 3.96. The van der Waals surface area contributed by atoms with Crippen molar-refractivity contribution in [3.63, 3.8) is 0 Å². The van der Waals surface area contributed by atoms with E-state index in [4.69, 9.17) is 11.6 Å². The third-order valence-corrected chi connectivity index (χ3v) is 6.21. The van der Waals surface area contributed by atoms with Gasteiger partial charge < -0.3 is 14.9 Å². The highest BCUT2D eigenvalue weighted by Crippen LogP contribution is 2.35. The zero-order valence-electron chi connectivity index (χ0n) is 19.0. The molecule has 1 amide bonds. The van der Waals surface area contributed by atoms with E-state index < -0.39 is 11.7 Å². The number of aryl methyl sites for hydroxylation is 1. The van der Waals surface area contributed by atoms with Gasteiger partial charge in [-0.25, -0.2) is 14.4 Å². The molecular formula is C26H21ClFN5O2. The average molecular weight is 490 g/mol. The number of nitrogens with zero attached hydrogens (tertiary/aromatic N) is 3. The molecule has 0 saturated carbocycles. The van der Waals surface area contributed by atoms with Crippen molar-refractivity contribution in [1.29, 1.82) is 0 Å². The van der Waals surface area contributed by atoms with Crippen LogP contribution >= 0.6 is 11.6 Å². The van der Waals surface area contributed by atoms with Crippen molar-refractivity contribution in [2.75, 3.05) is 6.54 Å². The highest BCUT2D eigenvalue weighted by molar-refractivity contribution is 6.30. The van der Waals surface area contributed by atoms with Crippen molar-refractivity contribution in [3.05, 3.63) is 93.0 Å². The fourth-order valence-corrected chi connectivity index (χ4v) is 4.47. The van der Waals surface area contributed by atoms with Crippen LogP contribution in [-0.2, 0) is 6.54 Å². The number of nitrogens with one attached hydrogen (secondary N) is 2. The summed E-state index contributed by atoms with van der Waals surface area (Å²) < 4.78 is 16.4. The summed E-state index contributed by atoms with van der Waals surface area (Å²) in [5.41, 5.74) is 2.68. The van der Waals surface area contributed by atoms with Crippen LogP contribution in [0.5, 0.6) is 0 Å². The third-order valence-electron chi connectivity index (χ3n) is 5.88. The third kappa shape index (κ3) is 3.95. The number of benzene rings is 1. The lowest BCUT2D eigenvalue weighted by Gasteiger charge is -2.13. The molecule has 0 aliphatic carbocycles. The predicted octanol–water partition coefficient (Wildman–Crippen LogP) is 4.84. The molecule has 0 spiro atoms. The second kappa shape index (κ2) is 8.96. The summed E-state index contributed by atoms with van der Waals surface area (Å²) in [7, 11) is 0. The number of hydrogen-bond donors (Lipinski definition) is 2. The molecule has 5 rings (SSSR count). The molecule has 176 valence electrons. The van der Waals surface area contributed by atoms with Crippen LogP contribution in [0, 0.1) is 12.7 Å². The normalized spacial score (nSPS) is 11.3. The molecule has 4 aromatic heterocycles. The van der Waals surface area contributed by atoms with Crippen molar-refractivity contribution in [2.24, 2.45) is 0 Å². The average Bonchev–Trinajstić information content (AvgIpc) is 3.13. The Morgan fingerprint density at radius 1 is 1.17 bits per heavy atom. The molecule has 0 atom stereocenters. The number of carbonyl (C=O) groups is 1. The first-order valence-corrected chi connectivity index (χ1v) is 11.5. The van der Waals surface area contributed by atoms with Gasteiger partial charge in [-0.2, -0.15) is 0 Å². The van der Waals surface area contributed by atoms with Gasteiger partial charge in [-0.3, -0.25) is 9.59 Å². The van der Waals surface area contributed by atoms with Crippen LogP contribution in [0.15, 0.2) is 59.5 Å². The Hall–Kier alpha value is -4.04. The molecule has 0 aliphatic rings. The van der Waals surface area contributed by atoms with Gasteiger partial charge in [-0.1, -0.05) is 29.8 Å². The highest BCUT2D eigenvalue weighted by Gasteiger charge is 2.27.